The number of nitrogens with zero attached hydrogens (tertiary/aromatic N) is 4. The molecule has 3 rings (SSSR count). The number of hydrogen-bond acceptors (Lipinski definition) is 9. The zero-order valence-corrected chi connectivity index (χ0v) is 20.2. The third kappa shape index (κ3) is 8.31. The van der Waals surface area contributed by atoms with Crippen molar-refractivity contribution in [3.8, 4) is 0 Å². The van der Waals surface area contributed by atoms with Crippen molar-refractivity contribution in [3.05, 3.63) is 79.9 Å². The minimum absolute atomic E-state index is 0.104. The summed E-state index contributed by atoms with van der Waals surface area (Å²) >= 11 is 0. The summed E-state index contributed by atoms with van der Waals surface area (Å²) in [5.41, 5.74) is 0.416. The average Bonchev–Trinajstić information content (AvgIpc) is 2.91. The van der Waals surface area contributed by atoms with Crippen molar-refractivity contribution in [2.24, 2.45) is 0 Å². The van der Waals surface area contributed by atoms with Gasteiger partial charge in [0.25, 0.3) is 23.2 Å². The van der Waals surface area contributed by atoms with E-state index < -0.39 is 9.85 Å². The van der Waals surface area contributed by atoms with Crippen molar-refractivity contribution in [2.45, 2.75) is 0 Å². The van der Waals surface area contributed by atoms with Crippen LogP contribution in [0.25, 0.3) is 0 Å². The molecule has 13 heteroatoms. The zero-order chi connectivity index (χ0) is 26.6. The summed E-state index contributed by atoms with van der Waals surface area (Å²) in [6, 6.07) is 10.8. The van der Waals surface area contributed by atoms with E-state index in [1.807, 2.05) is 0 Å². The maximum atomic E-state index is 13.0. The highest BCUT2D eigenvalue weighted by molar-refractivity contribution is 5.95. The number of carbonyl (C=O) groups is 2. The molecule has 0 N–H and O–H groups in total. The lowest BCUT2D eigenvalue weighted by atomic mass is 10.2. The van der Waals surface area contributed by atoms with Gasteiger partial charge in [0.15, 0.2) is 0 Å². The molecule has 0 saturated carbocycles. The molecule has 13 nitrogen and oxygen atoms in total. The van der Waals surface area contributed by atoms with E-state index in [2.05, 4.69) is 0 Å². The largest absolute Gasteiger partial charge is 0.378 e. The van der Waals surface area contributed by atoms with Crippen molar-refractivity contribution in [1.82, 2.24) is 9.80 Å². The number of amides is 2. The zero-order valence-electron chi connectivity index (χ0n) is 20.2. The number of rotatable bonds is 4. The molecule has 1 heterocycles. The van der Waals surface area contributed by atoms with Crippen LogP contribution < -0.4 is 0 Å². The van der Waals surface area contributed by atoms with Gasteiger partial charge in [-0.3, -0.25) is 29.8 Å². The molecule has 0 bridgehead atoms. The first-order valence-electron chi connectivity index (χ1n) is 11.7. The summed E-state index contributed by atoms with van der Waals surface area (Å²) in [7, 11) is 0. The van der Waals surface area contributed by atoms with Crippen LogP contribution in [0.5, 0.6) is 0 Å². The van der Waals surface area contributed by atoms with Gasteiger partial charge in [-0.05, 0) is 24.3 Å². The lowest BCUT2D eigenvalue weighted by Crippen LogP contribution is -2.38. The Morgan fingerprint density at radius 2 is 0.865 bits per heavy atom. The van der Waals surface area contributed by atoms with Crippen LogP contribution >= 0.6 is 0 Å². The molecule has 0 radical (unpaired) electrons. The molecule has 0 aliphatic carbocycles. The van der Waals surface area contributed by atoms with Crippen LogP contribution in [0, 0.1) is 20.2 Å². The van der Waals surface area contributed by atoms with Crippen molar-refractivity contribution >= 4 is 23.2 Å². The Kier molecular flexibility index (Phi) is 10.4. The minimum Gasteiger partial charge on any atom is -0.378 e. The van der Waals surface area contributed by atoms with Gasteiger partial charge < -0.3 is 24.0 Å². The van der Waals surface area contributed by atoms with E-state index in [0.29, 0.717) is 37.4 Å². The molecule has 2 aromatic rings. The van der Waals surface area contributed by atoms with Crippen LogP contribution in [0.2, 0.25) is 0 Å². The van der Waals surface area contributed by atoms with Gasteiger partial charge in [0, 0.05) is 61.6 Å². The summed E-state index contributed by atoms with van der Waals surface area (Å²) in [5, 5.41) is 21.8. The van der Waals surface area contributed by atoms with Crippen molar-refractivity contribution < 1.29 is 33.6 Å². The van der Waals surface area contributed by atoms with Gasteiger partial charge in [-0.25, -0.2) is 0 Å². The third-order valence-corrected chi connectivity index (χ3v) is 5.62. The molecule has 1 fully saturated rings. The quantitative estimate of drug-likeness (QED) is 0.439. The first-order valence-corrected chi connectivity index (χ1v) is 11.7. The van der Waals surface area contributed by atoms with E-state index in [9.17, 15) is 29.8 Å². The Morgan fingerprint density at radius 1 is 0.568 bits per heavy atom. The maximum Gasteiger partial charge on any atom is 0.269 e. The second-order valence-corrected chi connectivity index (χ2v) is 8.03. The summed E-state index contributed by atoms with van der Waals surface area (Å²) in [6.45, 7) is 2.65. The van der Waals surface area contributed by atoms with E-state index in [4.69, 9.17) is 14.2 Å². The Hall–Kier alpha value is -3.94. The van der Waals surface area contributed by atoms with Gasteiger partial charge in [0.2, 0.25) is 0 Å². The maximum absolute atomic E-state index is 13.0. The molecule has 1 saturated heterocycles. The lowest BCUT2D eigenvalue weighted by Gasteiger charge is -2.24. The molecule has 37 heavy (non-hydrogen) atoms. The highest BCUT2D eigenvalue weighted by Gasteiger charge is 2.19. The molecular weight excluding hydrogens is 488 g/mol. The topological polar surface area (TPSA) is 155 Å². The summed E-state index contributed by atoms with van der Waals surface area (Å²) in [4.78, 5) is 49.7. The summed E-state index contributed by atoms with van der Waals surface area (Å²) in [6.07, 6.45) is 0. The van der Waals surface area contributed by atoms with E-state index in [1.54, 1.807) is 9.80 Å². The Labute approximate surface area is 212 Å². The smallest absolute Gasteiger partial charge is 0.269 e. The molecule has 0 spiro atoms. The molecule has 198 valence electrons. The van der Waals surface area contributed by atoms with E-state index >= 15 is 0 Å². The van der Waals surface area contributed by atoms with Crippen molar-refractivity contribution in [3.63, 3.8) is 0 Å². The fraction of sp³-hybridized carbons (Fsp3) is 0.417. The first-order chi connectivity index (χ1) is 17.9. The van der Waals surface area contributed by atoms with E-state index in [1.165, 1.54) is 48.5 Å². The predicted octanol–water partition coefficient (Wildman–Crippen LogP) is 2.15. The van der Waals surface area contributed by atoms with Crippen LogP contribution in [0.15, 0.2) is 48.5 Å². The average molecular weight is 517 g/mol. The SMILES string of the molecule is O=C(c1ccc([N+](=O)[O-])cc1)N1CCOCCOCCN(C(=O)c2ccc([N+](=O)[O-])cc2)CCOCC1. The van der Waals surface area contributed by atoms with Crippen LogP contribution in [-0.2, 0) is 14.2 Å². The van der Waals surface area contributed by atoms with Crippen molar-refractivity contribution in [2.75, 3.05) is 65.8 Å². The van der Waals surface area contributed by atoms with Crippen LogP contribution in [0.3, 0.4) is 0 Å². The monoisotopic (exact) mass is 516 g/mol. The molecule has 1 aliphatic heterocycles. The number of benzene rings is 2. The normalized spacial score (nSPS) is 16.3. The van der Waals surface area contributed by atoms with E-state index in [0.717, 1.165) is 0 Å². The second kappa shape index (κ2) is 14.0. The fourth-order valence-corrected chi connectivity index (χ4v) is 3.57. The van der Waals surface area contributed by atoms with Crippen LogP contribution in [0.1, 0.15) is 20.7 Å². The van der Waals surface area contributed by atoms with Gasteiger partial charge >= 0.3 is 0 Å². The highest BCUT2D eigenvalue weighted by Crippen LogP contribution is 2.15. The Morgan fingerprint density at radius 3 is 1.16 bits per heavy atom. The van der Waals surface area contributed by atoms with Crippen LogP contribution in [-0.4, -0.2) is 97.3 Å². The molecule has 1 aliphatic rings. The molecular formula is C24H28N4O9. The molecule has 2 amide bonds. The van der Waals surface area contributed by atoms with Gasteiger partial charge in [-0.1, -0.05) is 0 Å². The molecule has 0 unspecified atom stereocenters. The molecule has 2 aromatic carbocycles. The minimum atomic E-state index is -0.530. The lowest BCUT2D eigenvalue weighted by molar-refractivity contribution is -0.385. The molecule has 0 atom stereocenters. The number of non-ortho nitro benzene ring substituents is 2. The summed E-state index contributed by atoms with van der Waals surface area (Å²) < 4.78 is 16.8. The third-order valence-electron chi connectivity index (χ3n) is 5.62. The predicted molar refractivity (Wildman–Crippen MR) is 130 cm³/mol. The standard InChI is InChI=1S/C24H28N4O9/c29-23(19-1-5-21(6-2-19)27(31)32)25-9-13-35-14-10-26(12-16-37-18-17-36-15-11-25)24(30)20-3-7-22(8-4-20)28(33)34/h1-8H,9-18H2. The number of nitro benzene ring substituents is 2. The van der Waals surface area contributed by atoms with Crippen LogP contribution in [0.4, 0.5) is 11.4 Å². The van der Waals surface area contributed by atoms with E-state index in [-0.39, 0.29) is 62.7 Å². The summed E-state index contributed by atoms with van der Waals surface area (Å²) in [5.74, 6) is -0.615. The van der Waals surface area contributed by atoms with Gasteiger partial charge in [-0.2, -0.15) is 0 Å². The second-order valence-electron chi connectivity index (χ2n) is 8.03. The number of nitro groups is 2. The van der Waals surface area contributed by atoms with Gasteiger partial charge in [0.1, 0.15) is 0 Å². The number of carbonyl (C=O) groups excluding carboxylic acids is 2. The fourth-order valence-electron chi connectivity index (χ4n) is 3.57. The number of ether oxygens (including phenoxy) is 3. The first kappa shape index (κ1) is 27.6. The van der Waals surface area contributed by atoms with Gasteiger partial charge in [0.05, 0.1) is 49.5 Å². The van der Waals surface area contributed by atoms with Gasteiger partial charge in [-0.15, -0.1) is 0 Å². The highest BCUT2D eigenvalue weighted by atomic mass is 16.6. The Balaban J connectivity index is 1.61. The number of hydrogen-bond donors (Lipinski definition) is 0. The molecule has 0 aromatic heterocycles. The van der Waals surface area contributed by atoms with Crippen molar-refractivity contribution in [1.29, 1.82) is 0 Å². The Bertz CT molecular complexity index is 991.